The van der Waals surface area contributed by atoms with Crippen molar-refractivity contribution in [2.45, 2.75) is 39.7 Å². The lowest BCUT2D eigenvalue weighted by atomic mass is 9.91. The summed E-state index contributed by atoms with van der Waals surface area (Å²) in [5.74, 6) is 0. The molecule has 0 radical (unpaired) electrons. The molecule has 2 N–H and O–H groups in total. The Kier molecular flexibility index (Phi) is 4.85. The van der Waals surface area contributed by atoms with E-state index >= 15 is 0 Å². The highest BCUT2D eigenvalue weighted by molar-refractivity contribution is 6.31. The normalized spacial score (nSPS) is 12.4. The van der Waals surface area contributed by atoms with E-state index < -0.39 is 0 Å². The molecule has 0 saturated heterocycles. The first-order valence-corrected chi connectivity index (χ1v) is 7.58. The van der Waals surface area contributed by atoms with E-state index in [4.69, 9.17) is 17.3 Å². The van der Waals surface area contributed by atoms with Gasteiger partial charge in [-0.25, -0.2) is 0 Å². The first-order valence-electron chi connectivity index (χ1n) is 7.20. The average Bonchev–Trinajstić information content (AvgIpc) is 2.48. The van der Waals surface area contributed by atoms with Crippen LogP contribution in [0.15, 0.2) is 36.4 Å². The summed E-state index contributed by atoms with van der Waals surface area (Å²) < 4.78 is 0. The molecule has 1 atom stereocenters. The molecule has 2 heteroatoms. The van der Waals surface area contributed by atoms with Gasteiger partial charge in [-0.3, -0.25) is 0 Å². The number of hydrogen-bond donors (Lipinski definition) is 1. The first kappa shape index (κ1) is 15.1. The largest absolute Gasteiger partial charge is 0.320 e. The highest BCUT2D eigenvalue weighted by Crippen LogP contribution is 2.27. The molecule has 106 valence electrons. The second-order valence-electron chi connectivity index (χ2n) is 5.23. The maximum Gasteiger partial charge on any atom is 0.0554 e. The minimum atomic E-state index is -0.0904. The molecule has 0 aliphatic carbocycles. The Balaban J connectivity index is 2.45. The van der Waals surface area contributed by atoms with Gasteiger partial charge in [-0.05, 0) is 53.6 Å². The molecule has 1 unspecified atom stereocenters. The summed E-state index contributed by atoms with van der Waals surface area (Å²) in [5.41, 5.74) is 12.6. The quantitative estimate of drug-likeness (QED) is 0.857. The lowest BCUT2D eigenvalue weighted by Gasteiger charge is -2.18. The zero-order valence-corrected chi connectivity index (χ0v) is 13.2. The third-order valence-corrected chi connectivity index (χ3v) is 4.30. The summed E-state index contributed by atoms with van der Waals surface area (Å²) in [6.45, 7) is 6.36. The third-order valence-electron chi connectivity index (χ3n) is 3.88. The van der Waals surface area contributed by atoms with E-state index in [-0.39, 0.29) is 6.04 Å². The van der Waals surface area contributed by atoms with Gasteiger partial charge in [0, 0.05) is 5.02 Å². The summed E-state index contributed by atoms with van der Waals surface area (Å²) in [7, 11) is 0. The molecule has 0 amide bonds. The smallest absolute Gasteiger partial charge is 0.0554 e. The molecule has 20 heavy (non-hydrogen) atoms. The Bertz CT molecular complexity index is 604. The summed E-state index contributed by atoms with van der Waals surface area (Å²) >= 11 is 6.10. The van der Waals surface area contributed by atoms with Gasteiger partial charge in [-0.2, -0.15) is 0 Å². The topological polar surface area (TPSA) is 26.0 Å². The zero-order valence-electron chi connectivity index (χ0n) is 12.4. The molecule has 0 saturated carbocycles. The molecular formula is C18H22ClN. The average molecular weight is 288 g/mol. The molecule has 0 spiro atoms. The van der Waals surface area contributed by atoms with Gasteiger partial charge >= 0.3 is 0 Å². The van der Waals surface area contributed by atoms with Crippen molar-refractivity contribution in [3.63, 3.8) is 0 Å². The van der Waals surface area contributed by atoms with E-state index in [0.29, 0.717) is 0 Å². The lowest BCUT2D eigenvalue weighted by Crippen LogP contribution is -2.14. The van der Waals surface area contributed by atoms with Crippen molar-refractivity contribution in [2.24, 2.45) is 5.73 Å². The number of nitrogens with two attached hydrogens (primary N) is 1. The first-order chi connectivity index (χ1) is 9.56. The Labute approximate surface area is 126 Å². The number of hydrogen-bond acceptors (Lipinski definition) is 1. The molecule has 2 aromatic rings. The minimum Gasteiger partial charge on any atom is -0.320 e. The molecule has 0 fully saturated rings. The van der Waals surface area contributed by atoms with E-state index in [2.05, 4.69) is 38.1 Å². The van der Waals surface area contributed by atoms with E-state index in [1.165, 1.54) is 16.7 Å². The van der Waals surface area contributed by atoms with Crippen LogP contribution in [0.4, 0.5) is 0 Å². The predicted octanol–water partition coefficient (Wildman–Crippen LogP) is 4.82. The molecule has 0 aliphatic rings. The molecule has 0 heterocycles. The van der Waals surface area contributed by atoms with Crippen LogP contribution in [-0.4, -0.2) is 0 Å². The standard InChI is InChI=1S/C18H22ClN/c1-4-13-6-7-14(5-2)16(11-13)18(20)15-8-9-17(19)12(3)10-15/h6-11,18H,4-5,20H2,1-3H3. The van der Waals surface area contributed by atoms with Crippen LogP contribution in [0.5, 0.6) is 0 Å². The van der Waals surface area contributed by atoms with Crippen LogP contribution >= 0.6 is 11.6 Å². The monoisotopic (exact) mass is 287 g/mol. The summed E-state index contributed by atoms with van der Waals surface area (Å²) in [6.07, 6.45) is 2.03. The van der Waals surface area contributed by atoms with Crippen LogP contribution < -0.4 is 5.73 Å². The van der Waals surface area contributed by atoms with Gasteiger partial charge in [0.05, 0.1) is 6.04 Å². The number of rotatable bonds is 4. The third kappa shape index (κ3) is 3.05. The molecule has 0 aliphatic heterocycles. The van der Waals surface area contributed by atoms with Crippen molar-refractivity contribution in [3.8, 4) is 0 Å². The van der Waals surface area contributed by atoms with Crippen LogP contribution in [0.2, 0.25) is 5.02 Å². The van der Waals surface area contributed by atoms with Crippen molar-refractivity contribution in [3.05, 3.63) is 69.2 Å². The zero-order chi connectivity index (χ0) is 14.7. The summed E-state index contributed by atoms with van der Waals surface area (Å²) in [6, 6.07) is 12.6. The van der Waals surface area contributed by atoms with Crippen LogP contribution in [0.25, 0.3) is 0 Å². The molecule has 2 aromatic carbocycles. The van der Waals surface area contributed by atoms with Crippen molar-refractivity contribution < 1.29 is 0 Å². The van der Waals surface area contributed by atoms with Crippen LogP contribution in [-0.2, 0) is 12.8 Å². The summed E-state index contributed by atoms with van der Waals surface area (Å²) in [4.78, 5) is 0. The second kappa shape index (κ2) is 6.43. The van der Waals surface area contributed by atoms with Crippen LogP contribution in [0, 0.1) is 6.92 Å². The van der Waals surface area contributed by atoms with Crippen molar-refractivity contribution in [1.82, 2.24) is 0 Å². The molecule has 0 aromatic heterocycles. The maximum absolute atomic E-state index is 6.49. The van der Waals surface area contributed by atoms with Gasteiger partial charge in [0.1, 0.15) is 0 Å². The van der Waals surface area contributed by atoms with Crippen LogP contribution in [0.3, 0.4) is 0 Å². The molecule has 2 rings (SSSR count). The lowest BCUT2D eigenvalue weighted by molar-refractivity contribution is 0.844. The number of halogens is 1. The Morgan fingerprint density at radius 3 is 2.40 bits per heavy atom. The summed E-state index contributed by atoms with van der Waals surface area (Å²) in [5, 5.41) is 0.791. The number of aryl methyl sites for hydroxylation is 3. The molecule has 0 bridgehead atoms. The predicted molar refractivity (Wildman–Crippen MR) is 87.4 cm³/mol. The van der Waals surface area contributed by atoms with Gasteiger partial charge in [0.25, 0.3) is 0 Å². The fraction of sp³-hybridized carbons (Fsp3) is 0.333. The van der Waals surface area contributed by atoms with Gasteiger partial charge in [0.2, 0.25) is 0 Å². The van der Waals surface area contributed by atoms with Crippen molar-refractivity contribution >= 4 is 11.6 Å². The maximum atomic E-state index is 6.49. The van der Waals surface area contributed by atoms with Crippen LogP contribution in [0.1, 0.15) is 47.7 Å². The second-order valence-corrected chi connectivity index (χ2v) is 5.63. The fourth-order valence-corrected chi connectivity index (χ4v) is 2.63. The Hall–Kier alpha value is -1.31. The highest BCUT2D eigenvalue weighted by Gasteiger charge is 2.14. The van der Waals surface area contributed by atoms with E-state index in [1.807, 2.05) is 19.1 Å². The minimum absolute atomic E-state index is 0.0904. The van der Waals surface area contributed by atoms with Crippen molar-refractivity contribution in [2.75, 3.05) is 0 Å². The Morgan fingerprint density at radius 2 is 1.80 bits per heavy atom. The SMILES string of the molecule is CCc1ccc(CC)c(C(N)c2ccc(Cl)c(C)c2)c1. The highest BCUT2D eigenvalue weighted by atomic mass is 35.5. The van der Waals surface area contributed by atoms with Gasteiger partial charge in [-0.15, -0.1) is 0 Å². The van der Waals surface area contributed by atoms with E-state index in [9.17, 15) is 0 Å². The Morgan fingerprint density at radius 1 is 1.05 bits per heavy atom. The number of benzene rings is 2. The fourth-order valence-electron chi connectivity index (χ4n) is 2.52. The van der Waals surface area contributed by atoms with Gasteiger partial charge in [-0.1, -0.05) is 55.8 Å². The molecular weight excluding hydrogens is 266 g/mol. The van der Waals surface area contributed by atoms with Gasteiger partial charge < -0.3 is 5.73 Å². The van der Waals surface area contributed by atoms with E-state index in [1.54, 1.807) is 0 Å². The molecule has 1 nitrogen and oxygen atoms in total. The van der Waals surface area contributed by atoms with Gasteiger partial charge in [0.15, 0.2) is 0 Å². The van der Waals surface area contributed by atoms with E-state index in [0.717, 1.165) is 29.0 Å². The van der Waals surface area contributed by atoms with Crippen molar-refractivity contribution in [1.29, 1.82) is 0 Å².